The van der Waals surface area contributed by atoms with Crippen LogP contribution in [0.5, 0.6) is 0 Å². The largest absolute Gasteiger partial charge is 0.0891 e. The van der Waals surface area contributed by atoms with E-state index in [9.17, 15) is 0 Å². The predicted octanol–water partition coefficient (Wildman–Crippen LogP) is 5.77. The predicted molar refractivity (Wildman–Crippen MR) is 88.5 cm³/mol. The molecular formula is C16H31BrSi. The fraction of sp³-hybridized carbons (Fsp3) is 1.00. The lowest BCUT2D eigenvalue weighted by Crippen LogP contribution is -2.28. The minimum atomic E-state index is -0.272. The molecular weight excluding hydrogens is 300 g/mol. The summed E-state index contributed by atoms with van der Waals surface area (Å²) < 4.78 is 0. The molecule has 2 heteroatoms. The normalized spacial score (nSPS) is 37.7. The molecule has 1 aliphatic carbocycles. The summed E-state index contributed by atoms with van der Waals surface area (Å²) in [6.45, 7) is 2.33. The molecule has 0 aromatic carbocycles. The second kappa shape index (κ2) is 8.09. The minimum absolute atomic E-state index is 0.272. The quantitative estimate of drug-likeness (QED) is 0.341. The average Bonchev–Trinajstić information content (AvgIpc) is 2.41. The summed E-state index contributed by atoms with van der Waals surface area (Å²) in [5.74, 6) is 2.23. The first-order valence-electron chi connectivity index (χ1n) is 8.43. The summed E-state index contributed by atoms with van der Waals surface area (Å²) >= 11 is 3.79. The van der Waals surface area contributed by atoms with Gasteiger partial charge in [-0.15, -0.1) is 0 Å². The monoisotopic (exact) mass is 330 g/mol. The standard InChI is InChI=1S/C16H31BrSi/c1-2-3-4-11-18-12-9-15(10-13-18)14-5-7-16(17)8-6-14/h14-16,18H,2-13H2,1H3. The van der Waals surface area contributed by atoms with Gasteiger partial charge >= 0.3 is 0 Å². The van der Waals surface area contributed by atoms with Crippen molar-refractivity contribution in [1.82, 2.24) is 0 Å². The molecule has 1 saturated heterocycles. The van der Waals surface area contributed by atoms with Crippen molar-refractivity contribution in [1.29, 1.82) is 0 Å². The molecule has 0 aromatic rings. The maximum absolute atomic E-state index is 3.79. The van der Waals surface area contributed by atoms with Crippen LogP contribution < -0.4 is 0 Å². The van der Waals surface area contributed by atoms with E-state index < -0.39 is 0 Å². The lowest BCUT2D eigenvalue weighted by Gasteiger charge is -2.36. The highest BCUT2D eigenvalue weighted by Gasteiger charge is 2.30. The summed E-state index contributed by atoms with van der Waals surface area (Å²) in [7, 11) is -0.272. The lowest BCUT2D eigenvalue weighted by molar-refractivity contribution is 0.234. The van der Waals surface area contributed by atoms with Crippen LogP contribution in [0.25, 0.3) is 0 Å². The summed E-state index contributed by atoms with van der Waals surface area (Å²) in [5, 5.41) is 0. The van der Waals surface area contributed by atoms with E-state index >= 15 is 0 Å². The van der Waals surface area contributed by atoms with Crippen molar-refractivity contribution in [2.24, 2.45) is 11.8 Å². The molecule has 1 aliphatic heterocycles. The Balaban J connectivity index is 1.63. The van der Waals surface area contributed by atoms with E-state index in [1.165, 1.54) is 38.5 Å². The Hall–Kier alpha value is 0.697. The number of hydrogen-bond acceptors (Lipinski definition) is 0. The molecule has 0 radical (unpaired) electrons. The zero-order valence-electron chi connectivity index (χ0n) is 12.2. The molecule has 0 bridgehead atoms. The topological polar surface area (TPSA) is 0 Å². The van der Waals surface area contributed by atoms with Gasteiger partial charge in [-0.3, -0.25) is 0 Å². The summed E-state index contributed by atoms with van der Waals surface area (Å²) in [6, 6.07) is 5.03. The van der Waals surface area contributed by atoms with Crippen molar-refractivity contribution >= 4 is 24.7 Å². The zero-order chi connectivity index (χ0) is 12.8. The molecule has 0 unspecified atom stereocenters. The van der Waals surface area contributed by atoms with E-state index in [0.29, 0.717) is 0 Å². The molecule has 0 N–H and O–H groups in total. The van der Waals surface area contributed by atoms with Crippen molar-refractivity contribution < 1.29 is 0 Å². The molecule has 2 fully saturated rings. The highest BCUT2D eigenvalue weighted by Crippen LogP contribution is 2.40. The van der Waals surface area contributed by atoms with Gasteiger partial charge in [0.25, 0.3) is 0 Å². The van der Waals surface area contributed by atoms with Crippen molar-refractivity contribution in [3.05, 3.63) is 0 Å². The van der Waals surface area contributed by atoms with Gasteiger partial charge in [0.05, 0.1) is 0 Å². The van der Waals surface area contributed by atoms with Crippen LogP contribution in [0, 0.1) is 11.8 Å². The zero-order valence-corrected chi connectivity index (χ0v) is 14.9. The molecule has 0 amide bonds. The summed E-state index contributed by atoms with van der Waals surface area (Å²) in [4.78, 5) is 0.841. The molecule has 0 spiro atoms. The maximum Gasteiger partial charge on any atom is 0.0368 e. The van der Waals surface area contributed by atoms with Crippen LogP contribution in [-0.2, 0) is 0 Å². The van der Waals surface area contributed by atoms with E-state index in [0.717, 1.165) is 16.7 Å². The van der Waals surface area contributed by atoms with Crippen molar-refractivity contribution in [3.63, 3.8) is 0 Å². The molecule has 0 aromatic heterocycles. The lowest BCUT2D eigenvalue weighted by atomic mass is 9.77. The Morgan fingerprint density at radius 1 is 0.889 bits per heavy atom. The van der Waals surface area contributed by atoms with Gasteiger partial charge in [-0.2, -0.15) is 0 Å². The first-order valence-corrected chi connectivity index (χ1v) is 11.8. The third-order valence-corrected chi connectivity index (χ3v) is 9.92. The maximum atomic E-state index is 3.79. The first-order chi connectivity index (χ1) is 8.79. The summed E-state index contributed by atoms with van der Waals surface area (Å²) in [6.07, 6.45) is 13.6. The minimum Gasteiger partial charge on any atom is -0.0891 e. The highest BCUT2D eigenvalue weighted by atomic mass is 79.9. The third kappa shape index (κ3) is 4.66. The fourth-order valence-corrected chi connectivity index (χ4v) is 8.24. The van der Waals surface area contributed by atoms with Crippen molar-refractivity contribution in [2.45, 2.75) is 87.7 Å². The molecule has 2 rings (SSSR count). The average molecular weight is 331 g/mol. The Bertz CT molecular complexity index is 215. The van der Waals surface area contributed by atoms with Crippen LogP contribution in [0.3, 0.4) is 0 Å². The second-order valence-corrected chi connectivity index (χ2v) is 11.5. The SMILES string of the molecule is CCCCC[SiH]1CCC(C2CCC(Br)CC2)CC1. The molecule has 2 aliphatic rings. The molecule has 1 saturated carbocycles. The van der Waals surface area contributed by atoms with Gasteiger partial charge in [-0.25, -0.2) is 0 Å². The van der Waals surface area contributed by atoms with Gasteiger partial charge in [0, 0.05) is 13.6 Å². The highest BCUT2D eigenvalue weighted by molar-refractivity contribution is 9.09. The van der Waals surface area contributed by atoms with Gasteiger partial charge < -0.3 is 0 Å². The second-order valence-electron chi connectivity index (χ2n) is 6.79. The number of rotatable bonds is 5. The molecule has 18 heavy (non-hydrogen) atoms. The Kier molecular flexibility index (Phi) is 6.78. The van der Waals surface area contributed by atoms with Gasteiger partial charge in [0.2, 0.25) is 0 Å². The van der Waals surface area contributed by atoms with Gasteiger partial charge in [0.15, 0.2) is 0 Å². The van der Waals surface area contributed by atoms with Crippen LogP contribution in [0.4, 0.5) is 0 Å². The van der Waals surface area contributed by atoms with E-state index in [-0.39, 0.29) is 8.80 Å². The summed E-state index contributed by atoms with van der Waals surface area (Å²) in [5.41, 5.74) is 0. The smallest absolute Gasteiger partial charge is 0.0368 e. The van der Waals surface area contributed by atoms with Crippen LogP contribution in [0.1, 0.15) is 64.7 Å². The molecule has 0 atom stereocenters. The Morgan fingerprint density at radius 2 is 1.50 bits per heavy atom. The van der Waals surface area contributed by atoms with Crippen LogP contribution in [0.15, 0.2) is 0 Å². The number of halogens is 1. The first kappa shape index (κ1) is 15.1. The van der Waals surface area contributed by atoms with Gasteiger partial charge in [0.1, 0.15) is 0 Å². The molecule has 1 heterocycles. The molecule has 0 nitrogen and oxygen atoms in total. The van der Waals surface area contributed by atoms with E-state index in [1.807, 2.05) is 0 Å². The number of alkyl halides is 1. The van der Waals surface area contributed by atoms with Gasteiger partial charge in [-0.1, -0.05) is 73.1 Å². The Morgan fingerprint density at radius 3 is 2.11 bits per heavy atom. The molecule has 106 valence electrons. The van der Waals surface area contributed by atoms with Gasteiger partial charge in [-0.05, 0) is 37.5 Å². The van der Waals surface area contributed by atoms with Crippen molar-refractivity contribution in [3.8, 4) is 0 Å². The van der Waals surface area contributed by atoms with Crippen LogP contribution >= 0.6 is 15.9 Å². The van der Waals surface area contributed by atoms with Crippen LogP contribution in [0.2, 0.25) is 18.1 Å². The van der Waals surface area contributed by atoms with Crippen molar-refractivity contribution in [2.75, 3.05) is 0 Å². The van der Waals surface area contributed by atoms with E-state index in [4.69, 9.17) is 0 Å². The fourth-order valence-electron chi connectivity index (χ4n) is 4.18. The van der Waals surface area contributed by atoms with E-state index in [2.05, 4.69) is 22.9 Å². The number of hydrogen-bond donors (Lipinski definition) is 0. The third-order valence-electron chi connectivity index (χ3n) is 5.48. The number of unbranched alkanes of at least 4 members (excludes halogenated alkanes) is 2. The van der Waals surface area contributed by atoms with Crippen LogP contribution in [-0.4, -0.2) is 13.6 Å². The Labute approximate surface area is 124 Å². The van der Waals surface area contributed by atoms with E-state index in [1.54, 1.807) is 37.4 Å².